The zero-order valence-corrected chi connectivity index (χ0v) is 14.8. The summed E-state index contributed by atoms with van der Waals surface area (Å²) in [6, 6.07) is 1.25. The Bertz CT molecular complexity index is 332. The van der Waals surface area contributed by atoms with Crippen LogP contribution in [0.3, 0.4) is 0 Å². The van der Waals surface area contributed by atoms with Crippen molar-refractivity contribution in [1.82, 2.24) is 14.9 Å². The summed E-state index contributed by atoms with van der Waals surface area (Å²) in [6.45, 7) is 14.6. The van der Waals surface area contributed by atoms with E-state index in [1.165, 1.54) is 0 Å². The third-order valence-electron chi connectivity index (χ3n) is 3.16. The quantitative estimate of drug-likeness (QED) is 0.567. The fraction of sp³-hybridized carbons (Fsp3) is 1.00. The molecule has 6 heteroatoms. The third kappa shape index (κ3) is 9.69. The minimum atomic E-state index is -3.14. The summed E-state index contributed by atoms with van der Waals surface area (Å²) in [5.41, 5.74) is 0. The molecule has 0 bridgehead atoms. The number of hydrogen-bond donors (Lipinski definition) is 2. The van der Waals surface area contributed by atoms with Gasteiger partial charge in [0.1, 0.15) is 0 Å². The van der Waals surface area contributed by atoms with Crippen LogP contribution in [0.5, 0.6) is 0 Å². The van der Waals surface area contributed by atoms with Gasteiger partial charge >= 0.3 is 0 Å². The molecule has 5 nitrogen and oxygen atoms in total. The maximum Gasteiger partial charge on any atom is 0.211 e. The van der Waals surface area contributed by atoms with Gasteiger partial charge in [-0.15, -0.1) is 0 Å². The average Bonchev–Trinajstić information content (AvgIpc) is 2.29. The van der Waals surface area contributed by atoms with Crippen LogP contribution < -0.4 is 10.0 Å². The van der Waals surface area contributed by atoms with Crippen molar-refractivity contribution >= 4 is 10.0 Å². The number of nitrogens with one attached hydrogen (secondary N) is 2. The molecule has 0 aliphatic heterocycles. The van der Waals surface area contributed by atoms with Gasteiger partial charge in [-0.3, -0.25) is 4.90 Å². The van der Waals surface area contributed by atoms with Crippen LogP contribution in [0.15, 0.2) is 0 Å². The molecule has 0 aromatic carbocycles. The van der Waals surface area contributed by atoms with Gasteiger partial charge in [0.2, 0.25) is 10.0 Å². The van der Waals surface area contributed by atoms with Crippen molar-refractivity contribution in [2.45, 2.75) is 66.1 Å². The molecule has 0 amide bonds. The Morgan fingerprint density at radius 1 is 0.950 bits per heavy atom. The maximum absolute atomic E-state index is 11.8. The van der Waals surface area contributed by atoms with E-state index in [1.54, 1.807) is 0 Å². The summed E-state index contributed by atoms with van der Waals surface area (Å²) in [5.74, 6) is 0.191. The lowest BCUT2D eigenvalue weighted by Gasteiger charge is -2.30. The summed E-state index contributed by atoms with van der Waals surface area (Å²) >= 11 is 0. The Morgan fingerprint density at radius 3 is 1.95 bits per heavy atom. The first-order valence-corrected chi connectivity index (χ1v) is 9.27. The highest BCUT2D eigenvalue weighted by Crippen LogP contribution is 2.03. The lowest BCUT2D eigenvalue weighted by atomic mass is 10.2. The Kier molecular flexibility index (Phi) is 9.63. The van der Waals surface area contributed by atoms with E-state index in [4.69, 9.17) is 0 Å². The normalized spacial score (nSPS) is 13.1. The Hall–Kier alpha value is -0.170. The van der Waals surface area contributed by atoms with Gasteiger partial charge in [0, 0.05) is 31.2 Å². The largest absolute Gasteiger partial charge is 0.314 e. The smallest absolute Gasteiger partial charge is 0.211 e. The van der Waals surface area contributed by atoms with Crippen molar-refractivity contribution in [3.63, 3.8) is 0 Å². The molecule has 20 heavy (non-hydrogen) atoms. The SMILES string of the molecule is CC(C)NCCCS(=O)(=O)NCCN(C(C)C)C(C)C. The van der Waals surface area contributed by atoms with Crippen LogP contribution >= 0.6 is 0 Å². The van der Waals surface area contributed by atoms with Crippen molar-refractivity contribution in [3.8, 4) is 0 Å². The molecule has 0 spiro atoms. The Morgan fingerprint density at radius 2 is 1.50 bits per heavy atom. The topological polar surface area (TPSA) is 61.4 Å². The van der Waals surface area contributed by atoms with Gasteiger partial charge in [0.25, 0.3) is 0 Å². The molecule has 0 aliphatic carbocycles. The molecular weight excluding hydrogens is 274 g/mol. The summed E-state index contributed by atoms with van der Waals surface area (Å²) in [4.78, 5) is 2.28. The zero-order chi connectivity index (χ0) is 15.8. The molecule has 0 saturated carbocycles. The van der Waals surface area contributed by atoms with Gasteiger partial charge in [-0.25, -0.2) is 13.1 Å². The molecule has 0 aromatic rings. The lowest BCUT2D eigenvalue weighted by molar-refractivity contribution is 0.179. The van der Waals surface area contributed by atoms with E-state index >= 15 is 0 Å². The minimum Gasteiger partial charge on any atom is -0.314 e. The molecule has 0 fully saturated rings. The van der Waals surface area contributed by atoms with Crippen molar-refractivity contribution in [2.24, 2.45) is 0 Å². The monoisotopic (exact) mass is 307 g/mol. The number of rotatable bonds is 11. The van der Waals surface area contributed by atoms with Crippen LogP contribution in [0.25, 0.3) is 0 Å². The number of sulfonamides is 1. The fourth-order valence-corrected chi connectivity index (χ4v) is 3.24. The fourth-order valence-electron chi connectivity index (χ4n) is 2.17. The van der Waals surface area contributed by atoms with E-state index in [-0.39, 0.29) is 5.75 Å². The van der Waals surface area contributed by atoms with Crippen LogP contribution in [0.2, 0.25) is 0 Å². The zero-order valence-electron chi connectivity index (χ0n) is 13.9. The standard InChI is InChI=1S/C14H33N3O2S/c1-12(2)15-8-7-11-20(18,19)16-9-10-17(13(3)4)14(5)6/h12-16H,7-11H2,1-6H3. The van der Waals surface area contributed by atoms with Crippen LogP contribution in [0, 0.1) is 0 Å². The minimum absolute atomic E-state index is 0.191. The first-order valence-electron chi connectivity index (χ1n) is 7.62. The summed E-state index contributed by atoms with van der Waals surface area (Å²) < 4.78 is 26.4. The summed E-state index contributed by atoms with van der Waals surface area (Å²) in [6.07, 6.45) is 0.644. The number of hydrogen-bond acceptors (Lipinski definition) is 4. The molecule has 0 aromatic heterocycles. The highest BCUT2D eigenvalue weighted by atomic mass is 32.2. The van der Waals surface area contributed by atoms with Gasteiger partial charge in [0.15, 0.2) is 0 Å². The van der Waals surface area contributed by atoms with Crippen molar-refractivity contribution in [2.75, 3.05) is 25.4 Å². The second kappa shape index (κ2) is 9.71. The molecule has 0 radical (unpaired) electrons. The van der Waals surface area contributed by atoms with Crippen LogP contribution in [0.1, 0.15) is 48.0 Å². The van der Waals surface area contributed by atoms with E-state index in [1.807, 2.05) is 0 Å². The van der Waals surface area contributed by atoms with Crippen molar-refractivity contribution in [3.05, 3.63) is 0 Å². The number of nitrogens with zero attached hydrogens (tertiary/aromatic N) is 1. The molecule has 0 rings (SSSR count). The van der Waals surface area contributed by atoms with Crippen molar-refractivity contribution in [1.29, 1.82) is 0 Å². The van der Waals surface area contributed by atoms with Crippen LogP contribution in [-0.2, 0) is 10.0 Å². The van der Waals surface area contributed by atoms with Gasteiger partial charge in [-0.05, 0) is 40.7 Å². The maximum atomic E-state index is 11.8. The second-order valence-electron chi connectivity index (χ2n) is 6.10. The third-order valence-corrected chi connectivity index (χ3v) is 4.63. The highest BCUT2D eigenvalue weighted by molar-refractivity contribution is 7.89. The van der Waals surface area contributed by atoms with Gasteiger partial charge in [-0.2, -0.15) is 0 Å². The van der Waals surface area contributed by atoms with E-state index in [0.29, 0.717) is 31.1 Å². The predicted molar refractivity (Wildman–Crippen MR) is 86.5 cm³/mol. The predicted octanol–water partition coefficient (Wildman–Crippen LogP) is 1.41. The first-order chi connectivity index (χ1) is 9.15. The van der Waals surface area contributed by atoms with Crippen LogP contribution in [0.4, 0.5) is 0 Å². The summed E-state index contributed by atoms with van der Waals surface area (Å²) in [7, 11) is -3.14. The molecule has 0 saturated heterocycles. The van der Waals surface area contributed by atoms with E-state index < -0.39 is 10.0 Å². The van der Waals surface area contributed by atoms with Crippen molar-refractivity contribution < 1.29 is 8.42 Å². The lowest BCUT2D eigenvalue weighted by Crippen LogP contribution is -2.43. The molecule has 2 N–H and O–H groups in total. The summed E-state index contributed by atoms with van der Waals surface area (Å²) in [5, 5.41) is 3.22. The molecule has 0 aliphatic rings. The molecule has 122 valence electrons. The highest BCUT2D eigenvalue weighted by Gasteiger charge is 2.15. The van der Waals surface area contributed by atoms with Gasteiger partial charge < -0.3 is 5.32 Å². The van der Waals surface area contributed by atoms with E-state index in [2.05, 4.69) is 56.5 Å². The molecule has 0 heterocycles. The van der Waals surface area contributed by atoms with Gasteiger partial charge in [-0.1, -0.05) is 13.8 Å². The molecule has 0 unspecified atom stereocenters. The van der Waals surface area contributed by atoms with E-state index in [0.717, 1.165) is 13.1 Å². The molecule has 0 atom stereocenters. The average molecular weight is 308 g/mol. The van der Waals surface area contributed by atoms with Gasteiger partial charge in [0.05, 0.1) is 5.75 Å². The Balaban J connectivity index is 3.98. The van der Waals surface area contributed by atoms with Crippen LogP contribution in [-0.4, -0.2) is 56.8 Å². The first kappa shape index (κ1) is 19.8. The van der Waals surface area contributed by atoms with E-state index in [9.17, 15) is 8.42 Å². The Labute approximate surface area is 125 Å². The second-order valence-corrected chi connectivity index (χ2v) is 8.03. The molecular formula is C14H33N3O2S.